The van der Waals surface area contributed by atoms with Crippen molar-refractivity contribution in [2.45, 2.75) is 32.4 Å². The number of methoxy groups -OCH3 is 1. The first-order valence-corrected chi connectivity index (χ1v) is 7.61. The Bertz CT molecular complexity index is 524. The number of nitrogens with two attached hydrogens (primary N) is 1. The topological polar surface area (TPSA) is 60.2 Å². The number of hydrogen-bond donors (Lipinski definition) is 2. The van der Waals surface area contributed by atoms with E-state index >= 15 is 0 Å². The van der Waals surface area contributed by atoms with Gasteiger partial charge in [-0.05, 0) is 37.5 Å². The van der Waals surface area contributed by atoms with Crippen LogP contribution in [0.1, 0.15) is 24.6 Å². The smallest absolute Gasteiger partial charge is 0.180 e. The number of hydrogen-bond acceptors (Lipinski definition) is 5. The summed E-state index contributed by atoms with van der Waals surface area (Å²) < 4.78 is 5.16. The minimum Gasteiger partial charge on any atom is -0.497 e. The summed E-state index contributed by atoms with van der Waals surface area (Å²) in [5, 5.41) is 6.10. The van der Waals surface area contributed by atoms with Crippen molar-refractivity contribution in [2.75, 3.05) is 12.8 Å². The molecule has 1 aromatic heterocycles. The lowest BCUT2D eigenvalue weighted by Crippen LogP contribution is -2.26. The Balaban J connectivity index is 1.72. The first kappa shape index (κ1) is 14.8. The van der Waals surface area contributed by atoms with Gasteiger partial charge >= 0.3 is 0 Å². The molecule has 2 aromatic rings. The van der Waals surface area contributed by atoms with Gasteiger partial charge in [-0.3, -0.25) is 0 Å². The van der Waals surface area contributed by atoms with E-state index in [9.17, 15) is 0 Å². The van der Waals surface area contributed by atoms with Crippen LogP contribution >= 0.6 is 11.3 Å². The lowest BCUT2D eigenvalue weighted by Gasteiger charge is -2.13. The van der Waals surface area contributed by atoms with Gasteiger partial charge in [0.05, 0.1) is 12.8 Å². The summed E-state index contributed by atoms with van der Waals surface area (Å²) in [5.74, 6) is 0.904. The molecule has 2 rings (SSSR count). The van der Waals surface area contributed by atoms with E-state index in [1.54, 1.807) is 7.11 Å². The van der Waals surface area contributed by atoms with Gasteiger partial charge in [-0.15, -0.1) is 11.3 Å². The molecule has 108 valence electrons. The van der Waals surface area contributed by atoms with Crippen molar-refractivity contribution in [3.05, 3.63) is 40.9 Å². The van der Waals surface area contributed by atoms with Crippen molar-refractivity contribution < 1.29 is 4.74 Å². The molecule has 0 aliphatic rings. The number of anilines is 1. The zero-order valence-corrected chi connectivity index (χ0v) is 12.7. The number of ether oxygens (including phenoxy) is 1. The van der Waals surface area contributed by atoms with Gasteiger partial charge in [0.25, 0.3) is 0 Å². The summed E-state index contributed by atoms with van der Waals surface area (Å²) in [5.41, 5.74) is 7.96. The average molecular weight is 291 g/mol. The van der Waals surface area contributed by atoms with Gasteiger partial charge in [0.2, 0.25) is 0 Å². The second kappa shape index (κ2) is 7.26. The maximum atomic E-state index is 5.61. The molecule has 0 radical (unpaired) electrons. The van der Waals surface area contributed by atoms with Gasteiger partial charge in [-0.25, -0.2) is 4.98 Å². The van der Waals surface area contributed by atoms with E-state index in [0.717, 1.165) is 30.8 Å². The largest absolute Gasteiger partial charge is 0.497 e. The molecule has 0 amide bonds. The molecule has 1 atom stereocenters. The Kier molecular flexibility index (Phi) is 5.38. The van der Waals surface area contributed by atoms with Crippen LogP contribution in [-0.4, -0.2) is 18.1 Å². The molecule has 0 bridgehead atoms. The highest BCUT2D eigenvalue weighted by Crippen LogP contribution is 2.14. The predicted octanol–water partition coefficient (Wildman–Crippen LogP) is 2.84. The van der Waals surface area contributed by atoms with E-state index in [1.807, 2.05) is 17.5 Å². The van der Waals surface area contributed by atoms with Crippen LogP contribution in [0, 0.1) is 0 Å². The van der Waals surface area contributed by atoms with Crippen LogP contribution in [0.15, 0.2) is 29.6 Å². The monoisotopic (exact) mass is 291 g/mol. The van der Waals surface area contributed by atoms with E-state index in [0.29, 0.717) is 11.2 Å². The van der Waals surface area contributed by atoms with Crippen molar-refractivity contribution in [2.24, 2.45) is 0 Å². The highest BCUT2D eigenvalue weighted by molar-refractivity contribution is 7.13. The third-order valence-corrected chi connectivity index (χ3v) is 3.95. The van der Waals surface area contributed by atoms with E-state index in [1.165, 1.54) is 16.9 Å². The van der Waals surface area contributed by atoms with Crippen molar-refractivity contribution in [3.8, 4) is 5.75 Å². The van der Waals surface area contributed by atoms with Crippen LogP contribution in [0.5, 0.6) is 5.75 Å². The number of thiazole rings is 1. The molecule has 1 aromatic carbocycles. The number of aryl methyl sites for hydroxylation is 1. The normalized spacial score (nSPS) is 12.3. The number of nitrogen functional groups attached to an aromatic ring is 1. The van der Waals surface area contributed by atoms with Crippen molar-refractivity contribution in [1.82, 2.24) is 10.3 Å². The lowest BCUT2D eigenvalue weighted by atomic mass is 10.1. The van der Waals surface area contributed by atoms with Crippen LogP contribution < -0.4 is 15.8 Å². The number of rotatable bonds is 7. The maximum Gasteiger partial charge on any atom is 0.180 e. The average Bonchev–Trinajstić information content (AvgIpc) is 2.89. The fourth-order valence-electron chi connectivity index (χ4n) is 1.96. The SMILES string of the molecule is COc1ccc(CC[C@H](C)NCc2csc(N)n2)cc1. The van der Waals surface area contributed by atoms with E-state index in [4.69, 9.17) is 10.5 Å². The minimum absolute atomic E-state index is 0.444. The predicted molar refractivity (Wildman–Crippen MR) is 84.1 cm³/mol. The first-order chi connectivity index (χ1) is 9.67. The molecule has 1 heterocycles. The van der Waals surface area contributed by atoms with Gasteiger partial charge in [-0.2, -0.15) is 0 Å². The molecule has 0 aliphatic carbocycles. The molecule has 3 N–H and O–H groups in total. The number of nitrogens with zero attached hydrogens (tertiary/aromatic N) is 1. The summed E-state index contributed by atoms with van der Waals surface area (Å²) in [6, 6.07) is 8.69. The van der Waals surface area contributed by atoms with E-state index in [-0.39, 0.29) is 0 Å². The second-order valence-corrected chi connectivity index (χ2v) is 5.74. The fraction of sp³-hybridized carbons (Fsp3) is 0.400. The summed E-state index contributed by atoms with van der Waals surface area (Å²) in [4.78, 5) is 4.24. The summed E-state index contributed by atoms with van der Waals surface area (Å²) in [7, 11) is 1.69. The molecule has 0 fully saturated rings. The number of benzene rings is 1. The molecule has 4 nitrogen and oxygen atoms in total. The first-order valence-electron chi connectivity index (χ1n) is 6.73. The molecule has 0 spiro atoms. The Labute approximate surface area is 124 Å². The van der Waals surface area contributed by atoms with Crippen molar-refractivity contribution in [3.63, 3.8) is 0 Å². The molecule has 20 heavy (non-hydrogen) atoms. The quantitative estimate of drug-likeness (QED) is 0.823. The van der Waals surface area contributed by atoms with E-state index < -0.39 is 0 Å². The van der Waals surface area contributed by atoms with Gasteiger partial charge in [0, 0.05) is 18.0 Å². The number of aromatic nitrogens is 1. The third-order valence-electron chi connectivity index (χ3n) is 3.23. The van der Waals surface area contributed by atoms with Crippen molar-refractivity contribution in [1.29, 1.82) is 0 Å². The maximum absolute atomic E-state index is 5.61. The Morgan fingerprint density at radius 2 is 2.10 bits per heavy atom. The fourth-order valence-corrected chi connectivity index (χ4v) is 2.52. The molecule has 0 unspecified atom stereocenters. The third kappa shape index (κ3) is 4.51. The molecular weight excluding hydrogens is 270 g/mol. The minimum atomic E-state index is 0.444. The zero-order chi connectivity index (χ0) is 14.4. The molecular formula is C15H21N3OS. The molecule has 0 saturated carbocycles. The highest BCUT2D eigenvalue weighted by atomic mass is 32.1. The number of nitrogens with one attached hydrogen (secondary N) is 1. The zero-order valence-electron chi connectivity index (χ0n) is 11.9. The van der Waals surface area contributed by atoms with Gasteiger partial charge < -0.3 is 15.8 Å². The Morgan fingerprint density at radius 1 is 1.35 bits per heavy atom. The van der Waals surface area contributed by atoms with Crippen LogP contribution in [0.3, 0.4) is 0 Å². The highest BCUT2D eigenvalue weighted by Gasteiger charge is 2.04. The lowest BCUT2D eigenvalue weighted by molar-refractivity contribution is 0.414. The summed E-state index contributed by atoms with van der Waals surface area (Å²) in [6.45, 7) is 2.97. The van der Waals surface area contributed by atoms with Gasteiger partial charge in [0.1, 0.15) is 5.75 Å². The van der Waals surface area contributed by atoms with Gasteiger partial charge in [0.15, 0.2) is 5.13 Å². The van der Waals surface area contributed by atoms with Gasteiger partial charge in [-0.1, -0.05) is 12.1 Å². The summed E-state index contributed by atoms with van der Waals surface area (Å²) >= 11 is 1.48. The Morgan fingerprint density at radius 3 is 2.70 bits per heavy atom. The van der Waals surface area contributed by atoms with E-state index in [2.05, 4.69) is 29.4 Å². The standard InChI is InChI=1S/C15H21N3OS/c1-11(17-9-13-10-20-15(16)18-13)3-4-12-5-7-14(19-2)8-6-12/h5-8,10-11,17H,3-4,9H2,1-2H3,(H2,16,18)/t11-/m0/s1. The van der Waals surface area contributed by atoms with Crippen molar-refractivity contribution >= 4 is 16.5 Å². The molecule has 5 heteroatoms. The molecule has 0 aliphatic heterocycles. The second-order valence-electron chi connectivity index (χ2n) is 4.85. The van der Waals surface area contributed by atoms with Crippen LogP contribution in [0.2, 0.25) is 0 Å². The Hall–Kier alpha value is -1.59. The van der Waals surface area contributed by atoms with Crippen LogP contribution in [0.4, 0.5) is 5.13 Å². The van der Waals surface area contributed by atoms with Crippen LogP contribution in [-0.2, 0) is 13.0 Å². The van der Waals surface area contributed by atoms with Crippen LogP contribution in [0.25, 0.3) is 0 Å². The summed E-state index contributed by atoms with van der Waals surface area (Å²) in [6.07, 6.45) is 2.14. The molecule has 0 saturated heterocycles.